The van der Waals surface area contributed by atoms with Crippen molar-refractivity contribution < 1.29 is 0 Å². The average Bonchev–Trinajstić information content (AvgIpc) is 2.05. The first-order valence-electron chi connectivity index (χ1n) is 3.27. The molecule has 1 aromatic carbocycles. The third kappa shape index (κ3) is 1.50. The van der Waals surface area contributed by atoms with Crippen LogP contribution in [0, 0.1) is 0 Å². The van der Waals surface area contributed by atoms with Crippen molar-refractivity contribution in [2.45, 2.75) is 5.82 Å². The van der Waals surface area contributed by atoms with Crippen molar-refractivity contribution in [3.05, 3.63) is 48.6 Å². The molecule has 0 spiro atoms. The van der Waals surface area contributed by atoms with Crippen molar-refractivity contribution in [1.82, 2.24) is 0 Å². The Morgan fingerprint density at radius 2 is 1.90 bits per heavy atom. The van der Waals surface area contributed by atoms with E-state index < -0.39 is 0 Å². The van der Waals surface area contributed by atoms with Gasteiger partial charge in [-0.15, -0.1) is 6.58 Å². The molecule has 0 fully saturated rings. The maximum absolute atomic E-state index is 5.68. The van der Waals surface area contributed by atoms with Crippen molar-refractivity contribution in [3.8, 4) is 0 Å². The number of hydrogen-bond acceptors (Lipinski definition) is 0. The zero-order valence-electron chi connectivity index (χ0n) is 5.83. The fourth-order valence-corrected chi connectivity index (χ4v) is 0.811. The van der Waals surface area contributed by atoms with Crippen LogP contribution in [0.3, 0.4) is 0 Å². The number of rotatable bonds is 2. The summed E-state index contributed by atoms with van der Waals surface area (Å²) in [5.74, 6) is -0.0267. The third-order valence-corrected chi connectivity index (χ3v) is 1.44. The zero-order valence-corrected chi connectivity index (χ0v) is 5.83. The highest BCUT2D eigenvalue weighted by Gasteiger charge is 1.95. The summed E-state index contributed by atoms with van der Waals surface area (Å²) >= 11 is 0. The summed E-state index contributed by atoms with van der Waals surface area (Å²) in [6.07, 6.45) is 1.73. The van der Waals surface area contributed by atoms with E-state index in [-0.39, 0.29) is 5.82 Å². The van der Waals surface area contributed by atoms with Crippen LogP contribution in [0.15, 0.2) is 43.0 Å². The lowest BCUT2D eigenvalue weighted by molar-refractivity contribution is 1.22. The molecule has 48 valence electrons. The van der Waals surface area contributed by atoms with E-state index in [4.69, 9.17) is 7.85 Å². The largest absolute Gasteiger partial charge is 0.103 e. The summed E-state index contributed by atoms with van der Waals surface area (Å²) < 4.78 is 0. The predicted octanol–water partition coefficient (Wildman–Crippen LogP) is 2.08. The summed E-state index contributed by atoms with van der Waals surface area (Å²) in [6.45, 7) is 3.61. The molecule has 0 saturated carbocycles. The van der Waals surface area contributed by atoms with E-state index in [1.54, 1.807) is 6.08 Å². The van der Waals surface area contributed by atoms with Crippen LogP contribution in [0.5, 0.6) is 0 Å². The van der Waals surface area contributed by atoms with Crippen molar-refractivity contribution in [2.24, 2.45) is 0 Å². The average molecular weight is 128 g/mol. The zero-order chi connectivity index (χ0) is 7.40. The van der Waals surface area contributed by atoms with Crippen LogP contribution in [-0.4, -0.2) is 7.85 Å². The number of benzene rings is 1. The Bertz CT molecular complexity index is 203. The van der Waals surface area contributed by atoms with Crippen LogP contribution < -0.4 is 0 Å². The molecular formula is C9H9B. The number of hydrogen-bond donors (Lipinski definition) is 0. The minimum Gasteiger partial charge on any atom is -0.103 e. The molecule has 1 unspecified atom stereocenters. The molecule has 2 radical (unpaired) electrons. The molecule has 0 N–H and O–H groups in total. The molecule has 0 saturated heterocycles. The Morgan fingerprint density at radius 1 is 1.30 bits per heavy atom. The second kappa shape index (κ2) is 3.26. The molecule has 0 nitrogen and oxygen atoms in total. The Hall–Kier alpha value is -0.975. The molecule has 1 heteroatoms. The van der Waals surface area contributed by atoms with E-state index >= 15 is 0 Å². The van der Waals surface area contributed by atoms with Crippen LogP contribution in [0.1, 0.15) is 11.4 Å². The highest BCUT2D eigenvalue weighted by atomic mass is 14.0. The van der Waals surface area contributed by atoms with Crippen molar-refractivity contribution in [1.29, 1.82) is 0 Å². The van der Waals surface area contributed by atoms with Crippen molar-refractivity contribution in [2.75, 3.05) is 0 Å². The van der Waals surface area contributed by atoms with Crippen LogP contribution in [0.4, 0.5) is 0 Å². The van der Waals surface area contributed by atoms with Gasteiger partial charge in [-0.25, -0.2) is 0 Å². The second-order valence-electron chi connectivity index (χ2n) is 2.17. The SMILES string of the molecule is [B]C(C=C)c1ccccc1. The first-order chi connectivity index (χ1) is 4.84. The van der Waals surface area contributed by atoms with Crippen LogP contribution >= 0.6 is 0 Å². The van der Waals surface area contributed by atoms with E-state index in [1.807, 2.05) is 30.3 Å². The minimum absolute atomic E-state index is 0.0267. The fraction of sp³-hybridized carbons (Fsp3) is 0.111. The molecule has 1 aromatic rings. The van der Waals surface area contributed by atoms with Gasteiger partial charge < -0.3 is 0 Å². The minimum atomic E-state index is -0.0267. The molecular weight excluding hydrogens is 119 g/mol. The summed E-state index contributed by atoms with van der Waals surface area (Å²) in [7, 11) is 5.68. The molecule has 0 aliphatic carbocycles. The maximum Gasteiger partial charge on any atom is 0.0819 e. The monoisotopic (exact) mass is 128 g/mol. The molecule has 0 bridgehead atoms. The first-order valence-corrected chi connectivity index (χ1v) is 3.27. The Labute approximate surface area is 63.0 Å². The van der Waals surface area contributed by atoms with Crippen molar-refractivity contribution in [3.63, 3.8) is 0 Å². The first kappa shape index (κ1) is 7.14. The quantitative estimate of drug-likeness (QED) is 0.422. The maximum atomic E-state index is 5.68. The third-order valence-electron chi connectivity index (χ3n) is 1.44. The van der Waals surface area contributed by atoms with Gasteiger partial charge in [0.15, 0.2) is 0 Å². The van der Waals surface area contributed by atoms with E-state index in [0.29, 0.717) is 0 Å². The lowest BCUT2D eigenvalue weighted by Gasteiger charge is -2.03. The summed E-state index contributed by atoms with van der Waals surface area (Å²) in [6, 6.07) is 9.90. The van der Waals surface area contributed by atoms with Gasteiger partial charge >= 0.3 is 0 Å². The molecule has 0 aromatic heterocycles. The Kier molecular flexibility index (Phi) is 2.32. The molecule has 10 heavy (non-hydrogen) atoms. The van der Waals surface area contributed by atoms with Gasteiger partial charge in [-0.2, -0.15) is 0 Å². The highest BCUT2D eigenvalue weighted by molar-refractivity contribution is 6.13. The molecule has 1 rings (SSSR count). The van der Waals surface area contributed by atoms with Gasteiger partial charge in [-0.3, -0.25) is 0 Å². The lowest BCUT2D eigenvalue weighted by atomic mass is 9.81. The Balaban J connectivity index is 2.84. The topological polar surface area (TPSA) is 0 Å². The van der Waals surface area contributed by atoms with Gasteiger partial charge in [-0.1, -0.05) is 36.4 Å². The van der Waals surface area contributed by atoms with E-state index in [1.165, 1.54) is 0 Å². The smallest absolute Gasteiger partial charge is 0.0819 e. The van der Waals surface area contributed by atoms with Crippen LogP contribution in [0.2, 0.25) is 0 Å². The highest BCUT2D eigenvalue weighted by Crippen LogP contribution is 2.10. The summed E-state index contributed by atoms with van der Waals surface area (Å²) in [5, 5.41) is 0. The molecule has 0 aliphatic rings. The van der Waals surface area contributed by atoms with E-state index in [0.717, 1.165) is 5.56 Å². The predicted molar refractivity (Wildman–Crippen MR) is 45.1 cm³/mol. The fourth-order valence-electron chi connectivity index (χ4n) is 0.811. The second-order valence-corrected chi connectivity index (χ2v) is 2.17. The van der Waals surface area contributed by atoms with E-state index in [9.17, 15) is 0 Å². The van der Waals surface area contributed by atoms with Crippen LogP contribution in [-0.2, 0) is 0 Å². The van der Waals surface area contributed by atoms with Gasteiger partial charge in [0, 0.05) is 0 Å². The standard InChI is InChI=1S/C9H9B/c1-2-9(10)8-6-4-3-5-7-8/h2-7,9H,1H2. The van der Waals surface area contributed by atoms with Gasteiger partial charge in [0.05, 0.1) is 7.85 Å². The van der Waals surface area contributed by atoms with Gasteiger partial charge in [0.25, 0.3) is 0 Å². The van der Waals surface area contributed by atoms with E-state index in [2.05, 4.69) is 6.58 Å². The lowest BCUT2D eigenvalue weighted by Crippen LogP contribution is -1.91. The molecule has 0 aliphatic heterocycles. The molecule has 1 atom stereocenters. The number of allylic oxidation sites excluding steroid dienone is 1. The van der Waals surface area contributed by atoms with Gasteiger partial charge in [-0.05, 0) is 11.4 Å². The normalized spacial score (nSPS) is 12.4. The molecule has 0 heterocycles. The molecule has 0 amide bonds. The summed E-state index contributed by atoms with van der Waals surface area (Å²) in [4.78, 5) is 0. The summed E-state index contributed by atoms with van der Waals surface area (Å²) in [5.41, 5.74) is 1.11. The van der Waals surface area contributed by atoms with Gasteiger partial charge in [0.1, 0.15) is 0 Å². The van der Waals surface area contributed by atoms with Gasteiger partial charge in [0.2, 0.25) is 0 Å². The van der Waals surface area contributed by atoms with Crippen molar-refractivity contribution >= 4 is 7.85 Å². The van der Waals surface area contributed by atoms with Crippen LogP contribution in [0.25, 0.3) is 0 Å². The Morgan fingerprint density at radius 3 is 2.40 bits per heavy atom.